The minimum Gasteiger partial charge on any atom is -0.398 e. The molecule has 78 valence electrons. The molecule has 0 bridgehead atoms. The van der Waals surface area contributed by atoms with Crippen molar-refractivity contribution in [2.45, 2.75) is 33.1 Å². The number of hydrogen-bond donors (Lipinski definition) is 1. The van der Waals surface area contributed by atoms with E-state index in [1.807, 2.05) is 6.07 Å². The number of halogens is 1. The van der Waals surface area contributed by atoms with Gasteiger partial charge in [-0.1, -0.05) is 20.8 Å². The summed E-state index contributed by atoms with van der Waals surface area (Å²) in [6, 6.07) is 6.26. The lowest BCUT2D eigenvalue weighted by Gasteiger charge is -2.16. The minimum absolute atomic E-state index is 0.560. The highest BCUT2D eigenvalue weighted by atomic mass is 127. The molecule has 1 aromatic rings. The summed E-state index contributed by atoms with van der Waals surface area (Å²) in [5.74, 6) is 1.28. The van der Waals surface area contributed by atoms with E-state index in [1.54, 1.807) is 0 Å². The van der Waals surface area contributed by atoms with Crippen LogP contribution in [0.3, 0.4) is 0 Å². The van der Waals surface area contributed by atoms with E-state index in [0.29, 0.717) is 5.92 Å². The van der Waals surface area contributed by atoms with Crippen LogP contribution in [0.2, 0.25) is 0 Å². The lowest BCUT2D eigenvalue weighted by molar-refractivity contribution is 0.524. The van der Waals surface area contributed by atoms with Crippen LogP contribution in [-0.2, 0) is 0 Å². The Morgan fingerprint density at radius 1 is 1.29 bits per heavy atom. The Hall–Kier alpha value is -0.250. The first-order valence-electron chi connectivity index (χ1n) is 5.05. The fourth-order valence-corrected chi connectivity index (χ4v) is 2.32. The van der Waals surface area contributed by atoms with E-state index in [1.165, 1.54) is 15.6 Å². The third-order valence-electron chi connectivity index (χ3n) is 2.40. The third kappa shape index (κ3) is 3.15. The molecule has 1 nitrogen and oxygen atoms in total. The SMILES string of the molecule is CC(C)CC(C)c1cc(I)ccc1N. The molecule has 0 aliphatic carbocycles. The number of benzene rings is 1. The van der Waals surface area contributed by atoms with Crippen LogP contribution >= 0.6 is 22.6 Å². The van der Waals surface area contributed by atoms with Crippen LogP contribution in [0.15, 0.2) is 18.2 Å². The van der Waals surface area contributed by atoms with Gasteiger partial charge in [-0.2, -0.15) is 0 Å². The Bertz CT molecular complexity index is 307. The summed E-state index contributed by atoms with van der Waals surface area (Å²) in [7, 11) is 0. The average molecular weight is 303 g/mol. The van der Waals surface area contributed by atoms with Gasteiger partial charge in [0.1, 0.15) is 0 Å². The van der Waals surface area contributed by atoms with Crippen LogP contribution in [0.25, 0.3) is 0 Å². The second kappa shape index (κ2) is 5.01. The molecule has 0 saturated heterocycles. The van der Waals surface area contributed by atoms with Gasteiger partial charge >= 0.3 is 0 Å². The monoisotopic (exact) mass is 303 g/mol. The van der Waals surface area contributed by atoms with Gasteiger partial charge in [0.25, 0.3) is 0 Å². The molecule has 1 aromatic carbocycles. The third-order valence-corrected chi connectivity index (χ3v) is 3.08. The van der Waals surface area contributed by atoms with E-state index in [2.05, 4.69) is 55.5 Å². The van der Waals surface area contributed by atoms with Crippen molar-refractivity contribution in [2.24, 2.45) is 5.92 Å². The van der Waals surface area contributed by atoms with E-state index in [0.717, 1.165) is 11.6 Å². The zero-order valence-electron chi connectivity index (χ0n) is 9.05. The van der Waals surface area contributed by atoms with Gasteiger partial charge < -0.3 is 5.73 Å². The minimum atomic E-state index is 0.560. The summed E-state index contributed by atoms with van der Waals surface area (Å²) in [6.07, 6.45) is 1.20. The lowest BCUT2D eigenvalue weighted by Crippen LogP contribution is -2.03. The first kappa shape index (κ1) is 11.8. The van der Waals surface area contributed by atoms with Gasteiger partial charge in [0.15, 0.2) is 0 Å². The molecule has 2 N–H and O–H groups in total. The maximum Gasteiger partial charge on any atom is 0.0350 e. The molecular formula is C12H18IN. The van der Waals surface area contributed by atoms with Gasteiger partial charge in [-0.05, 0) is 64.6 Å². The zero-order valence-corrected chi connectivity index (χ0v) is 11.2. The van der Waals surface area contributed by atoms with E-state index >= 15 is 0 Å². The Labute approximate surface area is 100 Å². The van der Waals surface area contributed by atoms with Crippen LogP contribution in [0.5, 0.6) is 0 Å². The number of hydrogen-bond acceptors (Lipinski definition) is 1. The Kier molecular flexibility index (Phi) is 4.23. The Morgan fingerprint density at radius 3 is 2.50 bits per heavy atom. The lowest BCUT2D eigenvalue weighted by atomic mass is 9.91. The number of nitrogens with two attached hydrogens (primary N) is 1. The van der Waals surface area contributed by atoms with Gasteiger partial charge in [0.2, 0.25) is 0 Å². The first-order chi connectivity index (χ1) is 6.50. The Morgan fingerprint density at radius 2 is 1.93 bits per heavy atom. The zero-order chi connectivity index (χ0) is 10.7. The van der Waals surface area contributed by atoms with Crippen molar-refractivity contribution in [2.75, 3.05) is 5.73 Å². The second-order valence-corrected chi connectivity index (χ2v) is 5.55. The van der Waals surface area contributed by atoms with Crippen molar-refractivity contribution in [1.82, 2.24) is 0 Å². The van der Waals surface area contributed by atoms with Crippen molar-refractivity contribution in [3.8, 4) is 0 Å². The van der Waals surface area contributed by atoms with Gasteiger partial charge in [-0.25, -0.2) is 0 Å². The number of anilines is 1. The smallest absolute Gasteiger partial charge is 0.0350 e. The molecule has 14 heavy (non-hydrogen) atoms. The van der Waals surface area contributed by atoms with E-state index in [4.69, 9.17) is 5.73 Å². The van der Waals surface area contributed by atoms with Crippen molar-refractivity contribution >= 4 is 28.3 Å². The van der Waals surface area contributed by atoms with Crippen LogP contribution in [-0.4, -0.2) is 0 Å². The molecule has 0 saturated carbocycles. The highest BCUT2D eigenvalue weighted by molar-refractivity contribution is 14.1. The molecule has 1 rings (SSSR count). The molecule has 2 heteroatoms. The molecule has 0 aliphatic heterocycles. The van der Waals surface area contributed by atoms with Crippen LogP contribution in [0.4, 0.5) is 5.69 Å². The molecule has 1 unspecified atom stereocenters. The predicted molar refractivity (Wildman–Crippen MR) is 71.4 cm³/mol. The molecule has 0 amide bonds. The van der Waals surface area contributed by atoms with Crippen LogP contribution in [0, 0.1) is 9.49 Å². The molecule has 0 heterocycles. The normalized spacial score (nSPS) is 13.2. The fourth-order valence-electron chi connectivity index (χ4n) is 1.81. The molecule has 0 aliphatic rings. The first-order valence-corrected chi connectivity index (χ1v) is 6.13. The Balaban J connectivity index is 2.88. The van der Waals surface area contributed by atoms with Gasteiger partial charge in [0, 0.05) is 9.26 Å². The topological polar surface area (TPSA) is 26.0 Å². The fraction of sp³-hybridized carbons (Fsp3) is 0.500. The highest BCUT2D eigenvalue weighted by Gasteiger charge is 2.11. The van der Waals surface area contributed by atoms with E-state index in [9.17, 15) is 0 Å². The van der Waals surface area contributed by atoms with Gasteiger partial charge in [-0.15, -0.1) is 0 Å². The summed E-state index contributed by atoms with van der Waals surface area (Å²) < 4.78 is 1.27. The quantitative estimate of drug-likeness (QED) is 0.662. The molecule has 0 fully saturated rings. The molecule has 0 spiro atoms. The van der Waals surface area contributed by atoms with Crippen molar-refractivity contribution in [3.05, 3.63) is 27.3 Å². The molecule has 0 radical (unpaired) electrons. The summed E-state index contributed by atoms with van der Waals surface area (Å²) in [4.78, 5) is 0. The summed E-state index contributed by atoms with van der Waals surface area (Å²) in [5, 5.41) is 0. The van der Waals surface area contributed by atoms with Crippen molar-refractivity contribution in [1.29, 1.82) is 0 Å². The van der Waals surface area contributed by atoms with Crippen molar-refractivity contribution < 1.29 is 0 Å². The van der Waals surface area contributed by atoms with Crippen LogP contribution < -0.4 is 5.73 Å². The summed E-state index contributed by atoms with van der Waals surface area (Å²) in [5.41, 5.74) is 8.19. The summed E-state index contributed by atoms with van der Waals surface area (Å²) >= 11 is 2.33. The number of nitrogen functional groups attached to an aromatic ring is 1. The highest BCUT2D eigenvalue weighted by Crippen LogP contribution is 2.28. The predicted octanol–water partition coefficient (Wildman–Crippen LogP) is 4.02. The summed E-state index contributed by atoms with van der Waals surface area (Å²) in [6.45, 7) is 6.75. The number of rotatable bonds is 3. The van der Waals surface area contributed by atoms with Crippen LogP contribution in [0.1, 0.15) is 38.7 Å². The standard InChI is InChI=1S/C12H18IN/c1-8(2)6-9(3)11-7-10(13)4-5-12(11)14/h4-5,7-9H,6,14H2,1-3H3. The molecule has 1 atom stereocenters. The van der Waals surface area contributed by atoms with Gasteiger partial charge in [0.05, 0.1) is 0 Å². The maximum atomic E-state index is 5.96. The average Bonchev–Trinajstić information content (AvgIpc) is 2.08. The van der Waals surface area contributed by atoms with E-state index < -0.39 is 0 Å². The second-order valence-electron chi connectivity index (χ2n) is 4.30. The van der Waals surface area contributed by atoms with Gasteiger partial charge in [-0.3, -0.25) is 0 Å². The molecular weight excluding hydrogens is 285 g/mol. The molecule has 0 aromatic heterocycles. The largest absolute Gasteiger partial charge is 0.398 e. The van der Waals surface area contributed by atoms with E-state index in [-0.39, 0.29) is 0 Å². The van der Waals surface area contributed by atoms with Crippen molar-refractivity contribution in [3.63, 3.8) is 0 Å². The maximum absolute atomic E-state index is 5.96.